The summed E-state index contributed by atoms with van der Waals surface area (Å²) in [4.78, 5) is 12.6. The largest absolute Gasteiger partial charge is 0.384 e. The molecule has 0 aromatic carbocycles. The molecule has 0 saturated carbocycles. The zero-order chi connectivity index (χ0) is 9.56. The summed E-state index contributed by atoms with van der Waals surface area (Å²) >= 11 is 0. The molecule has 0 bridgehead atoms. The minimum absolute atomic E-state index is 0.0640. The van der Waals surface area contributed by atoms with Crippen LogP contribution in [0.5, 0.6) is 0 Å². The fraction of sp³-hybridized carbons (Fsp3) is 0.750. The number of hydrogen-bond acceptors (Lipinski definition) is 3. The first kappa shape index (κ1) is 10.9. The van der Waals surface area contributed by atoms with Crippen molar-refractivity contribution in [2.75, 3.05) is 20.8 Å². The zero-order valence-electron chi connectivity index (χ0n) is 7.70. The van der Waals surface area contributed by atoms with Crippen LogP contribution in [0.25, 0.3) is 0 Å². The number of amides is 1. The van der Waals surface area contributed by atoms with Gasteiger partial charge in [-0.3, -0.25) is 4.79 Å². The van der Waals surface area contributed by atoms with E-state index in [0.29, 0.717) is 13.0 Å². The molecule has 0 N–H and O–H groups in total. The van der Waals surface area contributed by atoms with Gasteiger partial charge in [0.05, 0.1) is 19.1 Å². The Hall–Kier alpha value is -1.08. The lowest BCUT2D eigenvalue weighted by Crippen LogP contribution is -2.34. The number of rotatable bonds is 4. The van der Waals surface area contributed by atoms with Crippen molar-refractivity contribution in [2.45, 2.75) is 19.4 Å². The first-order valence-electron chi connectivity index (χ1n) is 3.77. The highest BCUT2D eigenvalue weighted by Crippen LogP contribution is 1.97. The molecule has 0 saturated heterocycles. The Labute approximate surface area is 72.7 Å². The number of methoxy groups -OCH3 is 1. The second kappa shape index (κ2) is 5.56. The number of nitriles is 1. The first-order valence-corrected chi connectivity index (χ1v) is 3.77. The summed E-state index contributed by atoms with van der Waals surface area (Å²) in [6.45, 7) is 2.09. The van der Waals surface area contributed by atoms with Crippen LogP contribution in [-0.4, -0.2) is 37.6 Å². The molecule has 68 valence electrons. The summed E-state index contributed by atoms with van der Waals surface area (Å²) < 4.78 is 4.75. The lowest BCUT2D eigenvalue weighted by molar-refractivity contribution is -0.131. The Balaban J connectivity index is 3.86. The van der Waals surface area contributed by atoms with Crippen molar-refractivity contribution in [3.8, 4) is 6.07 Å². The van der Waals surface area contributed by atoms with Gasteiger partial charge in [0.25, 0.3) is 0 Å². The molecule has 1 unspecified atom stereocenters. The molecular weight excluding hydrogens is 156 g/mol. The molecule has 0 radical (unpaired) electrons. The van der Waals surface area contributed by atoms with Crippen LogP contribution < -0.4 is 0 Å². The molecule has 0 aliphatic heterocycles. The van der Waals surface area contributed by atoms with Crippen LogP contribution in [0.2, 0.25) is 0 Å². The molecule has 0 heterocycles. The summed E-state index contributed by atoms with van der Waals surface area (Å²) in [6.07, 6.45) is 0.332. The van der Waals surface area contributed by atoms with E-state index in [9.17, 15) is 4.79 Å². The van der Waals surface area contributed by atoms with Crippen molar-refractivity contribution < 1.29 is 9.53 Å². The van der Waals surface area contributed by atoms with Crippen LogP contribution in [0.3, 0.4) is 0 Å². The van der Waals surface area contributed by atoms with Gasteiger partial charge in [-0.05, 0) is 6.92 Å². The molecular formula is C8H14N2O2. The number of carbonyl (C=O) groups excluding carboxylic acids is 1. The maximum absolute atomic E-state index is 11.2. The Bertz CT molecular complexity index is 186. The van der Waals surface area contributed by atoms with Gasteiger partial charge < -0.3 is 9.64 Å². The molecule has 12 heavy (non-hydrogen) atoms. The van der Waals surface area contributed by atoms with Gasteiger partial charge in [-0.1, -0.05) is 0 Å². The van der Waals surface area contributed by atoms with E-state index in [4.69, 9.17) is 10.00 Å². The van der Waals surface area contributed by atoms with Crippen molar-refractivity contribution in [1.82, 2.24) is 4.90 Å². The van der Waals surface area contributed by atoms with Gasteiger partial charge in [0.1, 0.15) is 6.04 Å². The fourth-order valence-corrected chi connectivity index (χ4v) is 0.668. The molecule has 1 amide bonds. The number of hydrogen-bond donors (Lipinski definition) is 0. The van der Waals surface area contributed by atoms with Gasteiger partial charge in [0.2, 0.25) is 5.91 Å². The fourth-order valence-electron chi connectivity index (χ4n) is 0.668. The van der Waals surface area contributed by atoms with E-state index in [-0.39, 0.29) is 11.9 Å². The minimum Gasteiger partial charge on any atom is -0.384 e. The standard InChI is InChI=1S/C8H14N2O2/c1-7(6-9)10(2)8(11)4-5-12-3/h7H,4-5H2,1-3H3. The van der Waals surface area contributed by atoms with Gasteiger partial charge in [-0.15, -0.1) is 0 Å². The molecule has 4 nitrogen and oxygen atoms in total. The topological polar surface area (TPSA) is 53.3 Å². The van der Waals surface area contributed by atoms with Gasteiger partial charge in [0, 0.05) is 14.2 Å². The second-order valence-electron chi connectivity index (χ2n) is 2.55. The molecule has 0 rings (SSSR count). The van der Waals surface area contributed by atoms with Crippen molar-refractivity contribution >= 4 is 5.91 Å². The third-order valence-corrected chi connectivity index (χ3v) is 1.68. The SMILES string of the molecule is COCCC(=O)N(C)C(C)C#N. The summed E-state index contributed by atoms with van der Waals surface area (Å²) in [6, 6.07) is 1.62. The van der Waals surface area contributed by atoms with E-state index in [1.165, 1.54) is 4.90 Å². The minimum atomic E-state index is -0.366. The number of carbonyl (C=O) groups is 1. The third kappa shape index (κ3) is 3.35. The molecule has 0 aromatic rings. The smallest absolute Gasteiger partial charge is 0.225 e. The molecule has 1 atom stereocenters. The third-order valence-electron chi connectivity index (χ3n) is 1.68. The second-order valence-corrected chi connectivity index (χ2v) is 2.55. The van der Waals surface area contributed by atoms with Gasteiger partial charge in [-0.25, -0.2) is 0 Å². The quantitative estimate of drug-likeness (QED) is 0.613. The Morgan fingerprint density at radius 1 is 1.75 bits per heavy atom. The number of nitrogens with zero attached hydrogens (tertiary/aromatic N) is 2. The van der Waals surface area contributed by atoms with Crippen LogP contribution in [0, 0.1) is 11.3 Å². The maximum atomic E-state index is 11.2. The Kier molecular flexibility index (Phi) is 5.06. The van der Waals surface area contributed by atoms with E-state index in [1.54, 1.807) is 21.1 Å². The molecule has 0 spiro atoms. The first-order chi connectivity index (χ1) is 5.63. The van der Waals surface area contributed by atoms with Crippen LogP contribution in [0.4, 0.5) is 0 Å². The lowest BCUT2D eigenvalue weighted by atomic mass is 10.3. The van der Waals surface area contributed by atoms with Crippen LogP contribution in [-0.2, 0) is 9.53 Å². The van der Waals surface area contributed by atoms with Crippen molar-refractivity contribution in [2.24, 2.45) is 0 Å². The molecule has 0 aromatic heterocycles. The number of ether oxygens (including phenoxy) is 1. The van der Waals surface area contributed by atoms with Crippen LogP contribution in [0.1, 0.15) is 13.3 Å². The van der Waals surface area contributed by atoms with Crippen LogP contribution in [0.15, 0.2) is 0 Å². The Morgan fingerprint density at radius 3 is 2.75 bits per heavy atom. The molecule has 4 heteroatoms. The molecule has 0 aliphatic rings. The van der Waals surface area contributed by atoms with Crippen LogP contribution >= 0.6 is 0 Å². The maximum Gasteiger partial charge on any atom is 0.225 e. The molecule has 0 aliphatic carbocycles. The Morgan fingerprint density at radius 2 is 2.33 bits per heavy atom. The highest BCUT2D eigenvalue weighted by Gasteiger charge is 2.13. The average molecular weight is 170 g/mol. The molecule has 0 fully saturated rings. The predicted octanol–water partition coefficient (Wildman–Crippen LogP) is 0.393. The summed E-state index contributed by atoms with van der Waals surface area (Å²) in [5.41, 5.74) is 0. The highest BCUT2D eigenvalue weighted by atomic mass is 16.5. The van der Waals surface area contributed by atoms with Gasteiger partial charge >= 0.3 is 0 Å². The van der Waals surface area contributed by atoms with E-state index >= 15 is 0 Å². The monoisotopic (exact) mass is 170 g/mol. The van der Waals surface area contributed by atoms with Gasteiger partial charge in [-0.2, -0.15) is 5.26 Å². The average Bonchev–Trinajstić information content (AvgIpc) is 2.11. The summed E-state index contributed by atoms with van der Waals surface area (Å²) in [5, 5.41) is 8.50. The van der Waals surface area contributed by atoms with Crippen molar-refractivity contribution in [3.05, 3.63) is 0 Å². The van der Waals surface area contributed by atoms with E-state index < -0.39 is 0 Å². The van der Waals surface area contributed by atoms with Crippen molar-refractivity contribution in [1.29, 1.82) is 5.26 Å². The summed E-state index contributed by atoms with van der Waals surface area (Å²) in [5.74, 6) is -0.0640. The highest BCUT2D eigenvalue weighted by molar-refractivity contribution is 5.76. The van der Waals surface area contributed by atoms with E-state index in [2.05, 4.69) is 0 Å². The van der Waals surface area contributed by atoms with Gasteiger partial charge in [0.15, 0.2) is 0 Å². The predicted molar refractivity (Wildman–Crippen MR) is 44.3 cm³/mol. The zero-order valence-corrected chi connectivity index (χ0v) is 7.70. The van der Waals surface area contributed by atoms with E-state index in [0.717, 1.165) is 0 Å². The lowest BCUT2D eigenvalue weighted by Gasteiger charge is -2.18. The van der Waals surface area contributed by atoms with E-state index in [1.807, 2.05) is 6.07 Å². The van der Waals surface area contributed by atoms with Crippen molar-refractivity contribution in [3.63, 3.8) is 0 Å². The summed E-state index contributed by atoms with van der Waals surface area (Å²) in [7, 11) is 3.16. The normalized spacial score (nSPS) is 11.8.